The molecule has 1 saturated heterocycles. The van der Waals surface area contributed by atoms with Crippen molar-refractivity contribution in [1.29, 1.82) is 0 Å². The zero-order chi connectivity index (χ0) is 21.1. The SMILES string of the molecule is CN=C(NCCN(C)CCCOC)NCC1CCCN(C)C1c1cccc(Cl)c1.I. The van der Waals surface area contributed by atoms with Crippen LogP contribution in [0.1, 0.15) is 30.9 Å². The Morgan fingerprint density at radius 1 is 1.33 bits per heavy atom. The van der Waals surface area contributed by atoms with E-state index in [1.165, 1.54) is 18.4 Å². The fourth-order valence-corrected chi connectivity index (χ4v) is 4.29. The molecule has 2 atom stereocenters. The van der Waals surface area contributed by atoms with Crippen molar-refractivity contribution in [3.8, 4) is 0 Å². The van der Waals surface area contributed by atoms with Gasteiger partial charge in [-0.1, -0.05) is 23.7 Å². The number of likely N-dealkylation sites (tertiary alicyclic amines) is 1. The highest BCUT2D eigenvalue weighted by molar-refractivity contribution is 14.0. The van der Waals surface area contributed by atoms with E-state index in [0.29, 0.717) is 12.0 Å². The van der Waals surface area contributed by atoms with Crippen LogP contribution in [-0.2, 0) is 4.74 Å². The molecular formula is C22H39ClIN5O. The summed E-state index contributed by atoms with van der Waals surface area (Å²) in [5, 5.41) is 7.78. The second kappa shape index (κ2) is 15.2. The fourth-order valence-electron chi connectivity index (χ4n) is 4.09. The van der Waals surface area contributed by atoms with E-state index in [1.807, 2.05) is 19.2 Å². The van der Waals surface area contributed by atoms with Gasteiger partial charge in [0.1, 0.15) is 0 Å². The summed E-state index contributed by atoms with van der Waals surface area (Å²) in [5.41, 5.74) is 1.30. The summed E-state index contributed by atoms with van der Waals surface area (Å²) in [5.74, 6) is 1.39. The zero-order valence-corrected chi connectivity index (χ0v) is 22.0. The Balaban J connectivity index is 0.00000450. The first-order valence-electron chi connectivity index (χ1n) is 10.6. The number of guanidine groups is 1. The monoisotopic (exact) mass is 551 g/mol. The molecule has 8 heteroatoms. The molecule has 2 N–H and O–H groups in total. The molecule has 0 saturated carbocycles. The quantitative estimate of drug-likeness (QED) is 0.202. The van der Waals surface area contributed by atoms with Crippen LogP contribution in [0.5, 0.6) is 0 Å². The number of nitrogens with zero attached hydrogens (tertiary/aromatic N) is 3. The van der Waals surface area contributed by atoms with E-state index in [1.54, 1.807) is 7.11 Å². The van der Waals surface area contributed by atoms with Gasteiger partial charge < -0.3 is 20.3 Å². The van der Waals surface area contributed by atoms with Gasteiger partial charge >= 0.3 is 0 Å². The van der Waals surface area contributed by atoms with Crippen LogP contribution in [-0.4, -0.2) is 83.3 Å². The van der Waals surface area contributed by atoms with Gasteiger partial charge in [-0.2, -0.15) is 0 Å². The van der Waals surface area contributed by atoms with E-state index in [4.69, 9.17) is 16.3 Å². The Hall–Kier alpha value is -0.610. The normalized spacial score (nSPS) is 20.1. The summed E-state index contributed by atoms with van der Waals surface area (Å²) < 4.78 is 5.11. The molecule has 0 amide bonds. The first kappa shape index (κ1) is 27.4. The first-order chi connectivity index (χ1) is 14.0. The van der Waals surface area contributed by atoms with E-state index in [9.17, 15) is 0 Å². The third-order valence-corrected chi connectivity index (χ3v) is 5.86. The number of aliphatic imine (C=N–C) groups is 1. The van der Waals surface area contributed by atoms with Crippen molar-refractivity contribution >= 4 is 41.5 Å². The highest BCUT2D eigenvalue weighted by Gasteiger charge is 2.30. The van der Waals surface area contributed by atoms with Gasteiger partial charge in [0, 0.05) is 58.0 Å². The lowest BCUT2D eigenvalue weighted by Gasteiger charge is -2.40. The average Bonchev–Trinajstić information content (AvgIpc) is 2.70. The van der Waals surface area contributed by atoms with Gasteiger partial charge in [0.2, 0.25) is 0 Å². The van der Waals surface area contributed by atoms with Crippen LogP contribution in [0.3, 0.4) is 0 Å². The molecular weight excluding hydrogens is 513 g/mol. The van der Waals surface area contributed by atoms with Crippen LogP contribution in [0.2, 0.25) is 5.02 Å². The lowest BCUT2D eigenvalue weighted by atomic mass is 9.85. The molecule has 1 aromatic carbocycles. The first-order valence-corrected chi connectivity index (χ1v) is 11.0. The maximum Gasteiger partial charge on any atom is 0.191 e. The summed E-state index contributed by atoms with van der Waals surface area (Å²) in [6.07, 6.45) is 3.48. The number of ether oxygens (including phenoxy) is 1. The minimum Gasteiger partial charge on any atom is -0.385 e. The molecule has 1 aromatic rings. The number of rotatable bonds is 10. The molecule has 0 spiro atoms. The van der Waals surface area contributed by atoms with Gasteiger partial charge in [-0.05, 0) is 63.5 Å². The highest BCUT2D eigenvalue weighted by atomic mass is 127. The van der Waals surface area contributed by atoms with E-state index in [0.717, 1.165) is 56.7 Å². The number of piperidine rings is 1. The number of benzene rings is 1. The van der Waals surface area contributed by atoms with Crippen molar-refractivity contribution < 1.29 is 4.74 Å². The summed E-state index contributed by atoms with van der Waals surface area (Å²) in [6.45, 7) is 5.70. The van der Waals surface area contributed by atoms with Gasteiger partial charge in [-0.3, -0.25) is 9.89 Å². The van der Waals surface area contributed by atoms with E-state index in [2.05, 4.69) is 51.7 Å². The standard InChI is InChI=1S/C22H38ClN5O.HI/c1-24-22(25-11-14-27(2)12-7-15-29-4)26-17-19-9-6-13-28(3)21(19)18-8-5-10-20(23)16-18;/h5,8,10,16,19,21H,6-7,9,11-15,17H2,1-4H3,(H2,24,25,26);1H. The Labute approximate surface area is 204 Å². The molecule has 2 unspecified atom stereocenters. The van der Waals surface area contributed by atoms with Crippen LogP contribution < -0.4 is 10.6 Å². The van der Waals surface area contributed by atoms with Crippen molar-refractivity contribution in [2.24, 2.45) is 10.9 Å². The van der Waals surface area contributed by atoms with Gasteiger partial charge in [0.25, 0.3) is 0 Å². The molecule has 0 aliphatic carbocycles. The molecule has 0 bridgehead atoms. The fraction of sp³-hybridized carbons (Fsp3) is 0.682. The molecule has 1 aliphatic heterocycles. The third kappa shape index (κ3) is 9.26. The second-order valence-corrected chi connectivity index (χ2v) is 8.35. The van der Waals surface area contributed by atoms with E-state index in [-0.39, 0.29) is 24.0 Å². The minimum atomic E-state index is 0. The van der Waals surface area contributed by atoms with Crippen LogP contribution in [0.4, 0.5) is 0 Å². The van der Waals surface area contributed by atoms with Crippen LogP contribution in [0.15, 0.2) is 29.3 Å². The number of halogens is 2. The Kier molecular flexibility index (Phi) is 13.9. The topological polar surface area (TPSA) is 52.1 Å². The van der Waals surface area contributed by atoms with Gasteiger partial charge in [-0.15, -0.1) is 24.0 Å². The molecule has 1 fully saturated rings. The lowest BCUT2D eigenvalue weighted by molar-refractivity contribution is 0.122. The van der Waals surface area contributed by atoms with Gasteiger partial charge in [0.05, 0.1) is 0 Å². The average molecular weight is 552 g/mol. The largest absolute Gasteiger partial charge is 0.385 e. The number of hydrogen-bond acceptors (Lipinski definition) is 4. The second-order valence-electron chi connectivity index (χ2n) is 7.91. The molecule has 30 heavy (non-hydrogen) atoms. The summed E-state index contributed by atoms with van der Waals surface area (Å²) in [7, 11) is 7.93. The van der Waals surface area contributed by atoms with E-state index >= 15 is 0 Å². The van der Waals surface area contributed by atoms with Crippen LogP contribution in [0, 0.1) is 5.92 Å². The summed E-state index contributed by atoms with van der Waals surface area (Å²) in [4.78, 5) is 9.16. The number of hydrogen-bond donors (Lipinski definition) is 2. The van der Waals surface area contributed by atoms with Crippen molar-refractivity contribution in [2.75, 3.05) is 67.6 Å². The predicted molar refractivity (Wildman–Crippen MR) is 138 cm³/mol. The molecule has 2 rings (SSSR count). The van der Waals surface area contributed by atoms with E-state index < -0.39 is 0 Å². The van der Waals surface area contributed by atoms with Crippen molar-refractivity contribution in [3.63, 3.8) is 0 Å². The van der Waals surface area contributed by atoms with Gasteiger partial charge in [-0.25, -0.2) is 0 Å². The Morgan fingerprint density at radius 3 is 2.83 bits per heavy atom. The maximum atomic E-state index is 6.26. The third-order valence-electron chi connectivity index (χ3n) is 5.63. The maximum absolute atomic E-state index is 6.26. The highest BCUT2D eigenvalue weighted by Crippen LogP contribution is 2.35. The molecule has 0 radical (unpaired) electrons. The molecule has 1 aliphatic rings. The molecule has 1 heterocycles. The van der Waals surface area contributed by atoms with Crippen LogP contribution in [0.25, 0.3) is 0 Å². The van der Waals surface area contributed by atoms with Crippen molar-refractivity contribution in [1.82, 2.24) is 20.4 Å². The zero-order valence-electron chi connectivity index (χ0n) is 18.9. The Bertz CT molecular complexity index is 633. The smallest absolute Gasteiger partial charge is 0.191 e. The van der Waals surface area contributed by atoms with Crippen LogP contribution >= 0.6 is 35.6 Å². The number of methoxy groups -OCH3 is 1. The van der Waals surface area contributed by atoms with Gasteiger partial charge in [0.15, 0.2) is 5.96 Å². The van der Waals surface area contributed by atoms with Crippen molar-refractivity contribution in [2.45, 2.75) is 25.3 Å². The lowest BCUT2D eigenvalue weighted by Crippen LogP contribution is -2.46. The Morgan fingerprint density at radius 2 is 2.13 bits per heavy atom. The predicted octanol–water partition coefficient (Wildman–Crippen LogP) is 3.47. The summed E-state index contributed by atoms with van der Waals surface area (Å²) in [6, 6.07) is 8.67. The minimum absolute atomic E-state index is 0. The molecule has 0 aromatic heterocycles. The number of nitrogens with one attached hydrogen (secondary N) is 2. The molecule has 172 valence electrons. The summed E-state index contributed by atoms with van der Waals surface area (Å²) >= 11 is 6.26. The van der Waals surface area contributed by atoms with Crippen molar-refractivity contribution in [3.05, 3.63) is 34.9 Å². The number of likely N-dealkylation sites (N-methyl/N-ethyl adjacent to an activating group) is 1. The molecule has 6 nitrogen and oxygen atoms in total.